The van der Waals surface area contributed by atoms with Gasteiger partial charge in [-0.15, -0.1) is 0 Å². The highest BCUT2D eigenvalue weighted by atomic mass is 79.9. The number of aryl methyl sites for hydroxylation is 1. The molecule has 94 valence electrons. The third-order valence-electron chi connectivity index (χ3n) is 3.05. The van der Waals surface area contributed by atoms with Crippen molar-refractivity contribution in [3.8, 4) is 5.75 Å². The van der Waals surface area contributed by atoms with Crippen LogP contribution in [-0.4, -0.2) is 35.6 Å². The van der Waals surface area contributed by atoms with Crippen LogP contribution in [0.1, 0.15) is 25.5 Å². The van der Waals surface area contributed by atoms with Crippen LogP contribution >= 0.6 is 15.9 Å². The predicted octanol–water partition coefficient (Wildman–Crippen LogP) is 3.02. The molecule has 1 saturated heterocycles. The highest BCUT2D eigenvalue weighted by Crippen LogP contribution is 2.21. The van der Waals surface area contributed by atoms with Crippen molar-refractivity contribution in [1.29, 1.82) is 0 Å². The fraction of sp³-hybridized carbons (Fsp3) is 0.615. The molecule has 1 aliphatic heterocycles. The van der Waals surface area contributed by atoms with Crippen LogP contribution in [-0.2, 0) is 0 Å². The molecule has 0 aliphatic carbocycles. The molecule has 0 N–H and O–H groups in total. The molecular weight excluding hydrogens is 280 g/mol. The van der Waals surface area contributed by atoms with Crippen LogP contribution in [0.2, 0.25) is 0 Å². The molecule has 4 heteroatoms. The minimum Gasteiger partial charge on any atom is -0.488 e. The fourth-order valence-corrected chi connectivity index (χ4v) is 2.48. The maximum Gasteiger partial charge on any atom is 0.139 e. The van der Waals surface area contributed by atoms with E-state index in [4.69, 9.17) is 4.74 Å². The molecule has 0 spiro atoms. The third-order valence-corrected chi connectivity index (χ3v) is 3.85. The summed E-state index contributed by atoms with van der Waals surface area (Å²) in [5, 5.41) is 0. The molecule has 1 aliphatic rings. The van der Waals surface area contributed by atoms with Crippen LogP contribution < -0.4 is 4.74 Å². The maximum atomic E-state index is 5.88. The zero-order valence-electron chi connectivity index (χ0n) is 10.4. The van der Waals surface area contributed by atoms with Crippen molar-refractivity contribution in [2.45, 2.75) is 32.8 Å². The number of halogens is 1. The van der Waals surface area contributed by atoms with Crippen molar-refractivity contribution >= 4 is 15.9 Å². The summed E-state index contributed by atoms with van der Waals surface area (Å²) in [5.41, 5.74) is 0.990. The van der Waals surface area contributed by atoms with Crippen molar-refractivity contribution in [1.82, 2.24) is 9.88 Å². The van der Waals surface area contributed by atoms with Crippen LogP contribution in [0.4, 0.5) is 0 Å². The molecule has 1 unspecified atom stereocenters. The molecule has 0 radical (unpaired) electrons. The molecular formula is C13H19BrN2O. The summed E-state index contributed by atoms with van der Waals surface area (Å²) < 4.78 is 6.88. The first-order chi connectivity index (χ1) is 8.15. The van der Waals surface area contributed by atoms with Gasteiger partial charge in [0.25, 0.3) is 0 Å². The van der Waals surface area contributed by atoms with Gasteiger partial charge in [0, 0.05) is 11.0 Å². The summed E-state index contributed by atoms with van der Waals surface area (Å²) >= 11 is 3.47. The van der Waals surface area contributed by atoms with E-state index in [1.54, 1.807) is 6.20 Å². The molecule has 1 aromatic rings. The van der Waals surface area contributed by atoms with E-state index in [0.717, 1.165) is 22.5 Å². The Labute approximate surface area is 111 Å². The normalized spacial score (nSPS) is 18.3. The van der Waals surface area contributed by atoms with Crippen LogP contribution in [0.3, 0.4) is 0 Å². The number of hydrogen-bond donors (Lipinski definition) is 0. The van der Waals surface area contributed by atoms with Crippen LogP contribution in [0.5, 0.6) is 5.75 Å². The monoisotopic (exact) mass is 298 g/mol. The van der Waals surface area contributed by atoms with Crippen molar-refractivity contribution in [2.75, 3.05) is 19.6 Å². The van der Waals surface area contributed by atoms with Crippen molar-refractivity contribution in [2.24, 2.45) is 0 Å². The molecule has 2 heterocycles. The zero-order valence-corrected chi connectivity index (χ0v) is 12.0. The minimum atomic E-state index is 0.213. The van der Waals surface area contributed by atoms with Gasteiger partial charge in [-0.1, -0.05) is 0 Å². The largest absolute Gasteiger partial charge is 0.488 e. The van der Waals surface area contributed by atoms with Gasteiger partial charge in [0.2, 0.25) is 0 Å². The molecule has 17 heavy (non-hydrogen) atoms. The Morgan fingerprint density at radius 3 is 2.82 bits per heavy atom. The Morgan fingerprint density at radius 2 is 2.18 bits per heavy atom. The van der Waals surface area contributed by atoms with E-state index < -0.39 is 0 Å². The van der Waals surface area contributed by atoms with E-state index in [1.165, 1.54) is 25.9 Å². The number of hydrogen-bond acceptors (Lipinski definition) is 3. The van der Waals surface area contributed by atoms with Crippen LogP contribution in [0, 0.1) is 6.92 Å². The lowest BCUT2D eigenvalue weighted by atomic mass is 10.3. The number of rotatable bonds is 4. The quantitative estimate of drug-likeness (QED) is 0.854. The first-order valence-electron chi connectivity index (χ1n) is 6.16. The standard InChI is InChI=1S/C13H19BrN2O/c1-10(9-16-5-3-4-6-16)17-12-7-13(14)11(2)15-8-12/h7-8,10H,3-6,9H2,1-2H3. The summed E-state index contributed by atoms with van der Waals surface area (Å²) in [6.45, 7) is 7.52. The van der Waals surface area contributed by atoms with Gasteiger partial charge >= 0.3 is 0 Å². The summed E-state index contributed by atoms with van der Waals surface area (Å²) in [6.07, 6.45) is 4.65. The van der Waals surface area contributed by atoms with E-state index >= 15 is 0 Å². The summed E-state index contributed by atoms with van der Waals surface area (Å²) in [6, 6.07) is 1.99. The Balaban J connectivity index is 1.88. The van der Waals surface area contributed by atoms with Crippen molar-refractivity contribution in [3.05, 3.63) is 22.4 Å². The molecule has 0 amide bonds. The summed E-state index contributed by atoms with van der Waals surface area (Å²) in [5.74, 6) is 0.842. The number of likely N-dealkylation sites (tertiary alicyclic amines) is 1. The van der Waals surface area contributed by atoms with E-state index in [9.17, 15) is 0 Å². The van der Waals surface area contributed by atoms with Gasteiger partial charge in [-0.2, -0.15) is 0 Å². The lowest BCUT2D eigenvalue weighted by Gasteiger charge is -2.21. The Bertz CT molecular complexity index is 378. The highest BCUT2D eigenvalue weighted by molar-refractivity contribution is 9.10. The average Bonchev–Trinajstić information content (AvgIpc) is 2.76. The third kappa shape index (κ3) is 3.68. The number of nitrogens with zero attached hydrogens (tertiary/aromatic N) is 2. The Hall–Kier alpha value is -0.610. The smallest absolute Gasteiger partial charge is 0.139 e. The van der Waals surface area contributed by atoms with Gasteiger partial charge < -0.3 is 4.74 Å². The lowest BCUT2D eigenvalue weighted by molar-refractivity contribution is 0.161. The van der Waals surface area contributed by atoms with E-state index in [0.29, 0.717) is 0 Å². The Kier molecular flexibility index (Phi) is 4.40. The van der Waals surface area contributed by atoms with Crippen molar-refractivity contribution < 1.29 is 4.74 Å². The number of ether oxygens (including phenoxy) is 1. The summed E-state index contributed by atoms with van der Waals surface area (Å²) in [7, 11) is 0. The lowest BCUT2D eigenvalue weighted by Crippen LogP contribution is -2.31. The highest BCUT2D eigenvalue weighted by Gasteiger charge is 2.15. The second kappa shape index (κ2) is 5.83. The predicted molar refractivity (Wildman–Crippen MR) is 72.4 cm³/mol. The molecule has 1 fully saturated rings. The zero-order chi connectivity index (χ0) is 12.3. The second-order valence-electron chi connectivity index (χ2n) is 4.67. The van der Waals surface area contributed by atoms with Gasteiger partial charge in [-0.25, -0.2) is 0 Å². The number of pyridine rings is 1. The van der Waals surface area contributed by atoms with Gasteiger partial charge in [-0.05, 0) is 61.8 Å². The molecule has 1 atom stereocenters. The topological polar surface area (TPSA) is 25.4 Å². The van der Waals surface area contributed by atoms with Crippen LogP contribution in [0.25, 0.3) is 0 Å². The van der Waals surface area contributed by atoms with Gasteiger partial charge in [0.1, 0.15) is 11.9 Å². The number of aromatic nitrogens is 1. The van der Waals surface area contributed by atoms with Gasteiger partial charge in [0.15, 0.2) is 0 Å². The first-order valence-corrected chi connectivity index (χ1v) is 6.95. The van der Waals surface area contributed by atoms with Crippen molar-refractivity contribution in [3.63, 3.8) is 0 Å². The molecule has 0 aromatic carbocycles. The molecule has 3 nitrogen and oxygen atoms in total. The molecule has 2 rings (SSSR count). The molecule has 0 bridgehead atoms. The Morgan fingerprint density at radius 1 is 1.47 bits per heavy atom. The second-order valence-corrected chi connectivity index (χ2v) is 5.53. The fourth-order valence-electron chi connectivity index (χ4n) is 2.15. The van der Waals surface area contributed by atoms with E-state index in [1.807, 2.05) is 13.0 Å². The average molecular weight is 299 g/mol. The van der Waals surface area contributed by atoms with E-state index in [-0.39, 0.29) is 6.10 Å². The molecule has 0 saturated carbocycles. The van der Waals surface area contributed by atoms with E-state index in [2.05, 4.69) is 32.7 Å². The van der Waals surface area contributed by atoms with Crippen LogP contribution in [0.15, 0.2) is 16.7 Å². The summed E-state index contributed by atoms with van der Waals surface area (Å²) in [4.78, 5) is 6.74. The van der Waals surface area contributed by atoms with Gasteiger partial charge in [-0.3, -0.25) is 9.88 Å². The SMILES string of the molecule is Cc1ncc(OC(C)CN2CCCC2)cc1Br. The minimum absolute atomic E-state index is 0.213. The maximum absolute atomic E-state index is 5.88. The van der Waals surface area contributed by atoms with Gasteiger partial charge in [0.05, 0.1) is 11.9 Å². The molecule has 1 aromatic heterocycles. The first kappa shape index (κ1) is 12.8.